The monoisotopic (exact) mass is 277 g/mol. The minimum Gasteiger partial charge on any atom is -0.354 e. The fourth-order valence-corrected chi connectivity index (χ4v) is 2.56. The lowest BCUT2D eigenvalue weighted by Crippen LogP contribution is -1.91. The molecule has 0 bridgehead atoms. The van der Waals surface area contributed by atoms with E-state index in [1.165, 1.54) is 6.07 Å². The zero-order valence-electron chi connectivity index (χ0n) is 11.0. The van der Waals surface area contributed by atoms with Crippen molar-refractivity contribution in [3.05, 3.63) is 64.2 Å². The molecule has 0 unspecified atom stereocenters. The number of nitriles is 1. The van der Waals surface area contributed by atoms with Crippen molar-refractivity contribution in [3.8, 4) is 17.3 Å². The van der Waals surface area contributed by atoms with Crippen LogP contribution in [-0.2, 0) is 6.42 Å². The van der Waals surface area contributed by atoms with E-state index in [0.717, 1.165) is 11.3 Å². The maximum Gasteiger partial charge on any atom is 0.279 e. The molecule has 0 aliphatic heterocycles. The highest BCUT2D eigenvalue weighted by Gasteiger charge is 2.21. The summed E-state index contributed by atoms with van der Waals surface area (Å²) in [6, 6.07) is 16.5. The Morgan fingerprint density at radius 2 is 1.90 bits per heavy atom. The second-order valence-corrected chi connectivity index (χ2v) is 4.64. The molecule has 1 N–H and O–H groups in total. The van der Waals surface area contributed by atoms with Gasteiger partial charge in [0.2, 0.25) is 0 Å². The molecule has 1 heterocycles. The summed E-state index contributed by atoms with van der Waals surface area (Å²) < 4.78 is 0. The normalized spacial score (nSPS) is 10.4. The van der Waals surface area contributed by atoms with Crippen LogP contribution in [0.5, 0.6) is 0 Å². The Morgan fingerprint density at radius 1 is 1.14 bits per heavy atom. The first-order chi connectivity index (χ1) is 10.2. The summed E-state index contributed by atoms with van der Waals surface area (Å²) in [5.74, 6) is 0. The molecule has 0 saturated carbocycles. The molecule has 102 valence electrons. The van der Waals surface area contributed by atoms with E-state index in [1.807, 2.05) is 30.3 Å². The van der Waals surface area contributed by atoms with Gasteiger partial charge >= 0.3 is 0 Å². The fourth-order valence-electron chi connectivity index (χ4n) is 2.56. The van der Waals surface area contributed by atoms with Crippen molar-refractivity contribution in [3.63, 3.8) is 0 Å². The van der Waals surface area contributed by atoms with E-state index in [4.69, 9.17) is 5.26 Å². The summed E-state index contributed by atoms with van der Waals surface area (Å²) in [4.78, 5) is 14.0. The first kappa shape index (κ1) is 12.9. The second-order valence-electron chi connectivity index (χ2n) is 4.64. The van der Waals surface area contributed by atoms with E-state index in [9.17, 15) is 10.1 Å². The van der Waals surface area contributed by atoms with Gasteiger partial charge in [0.1, 0.15) is 0 Å². The van der Waals surface area contributed by atoms with Gasteiger partial charge in [-0.3, -0.25) is 10.1 Å². The molecule has 0 fully saturated rings. The van der Waals surface area contributed by atoms with E-state index < -0.39 is 4.92 Å². The van der Waals surface area contributed by atoms with Crippen LogP contribution in [0.3, 0.4) is 0 Å². The number of aromatic nitrogens is 1. The van der Waals surface area contributed by atoms with Gasteiger partial charge in [-0.15, -0.1) is 0 Å². The largest absolute Gasteiger partial charge is 0.354 e. The number of fused-ring (bicyclic) bond motifs is 1. The van der Waals surface area contributed by atoms with Gasteiger partial charge in [0, 0.05) is 11.6 Å². The number of aromatic amines is 1. The van der Waals surface area contributed by atoms with Crippen molar-refractivity contribution >= 4 is 16.6 Å². The van der Waals surface area contributed by atoms with Crippen LogP contribution in [-0.4, -0.2) is 9.91 Å². The van der Waals surface area contributed by atoms with E-state index in [1.54, 1.807) is 12.1 Å². The van der Waals surface area contributed by atoms with Crippen LogP contribution in [0.1, 0.15) is 5.56 Å². The number of non-ortho nitro benzene ring substituents is 1. The van der Waals surface area contributed by atoms with Crippen molar-refractivity contribution in [2.24, 2.45) is 0 Å². The Bertz CT molecular complexity index is 860. The van der Waals surface area contributed by atoms with E-state index >= 15 is 0 Å². The average Bonchev–Trinajstić information content (AvgIpc) is 2.87. The Labute approximate surface area is 120 Å². The predicted octanol–water partition coefficient (Wildman–Crippen LogP) is 3.81. The third-order valence-corrected chi connectivity index (χ3v) is 3.42. The summed E-state index contributed by atoms with van der Waals surface area (Å²) >= 11 is 0. The van der Waals surface area contributed by atoms with Crippen molar-refractivity contribution in [2.45, 2.75) is 6.42 Å². The zero-order valence-corrected chi connectivity index (χ0v) is 11.0. The molecule has 0 aliphatic rings. The quantitative estimate of drug-likeness (QED) is 0.583. The third-order valence-electron chi connectivity index (χ3n) is 3.42. The molecule has 3 aromatic rings. The molecule has 0 spiro atoms. The Kier molecular flexibility index (Phi) is 3.13. The van der Waals surface area contributed by atoms with Gasteiger partial charge in [0.25, 0.3) is 5.69 Å². The van der Waals surface area contributed by atoms with Crippen LogP contribution in [0.2, 0.25) is 0 Å². The van der Waals surface area contributed by atoms with Gasteiger partial charge in [-0.1, -0.05) is 36.4 Å². The van der Waals surface area contributed by atoms with Crippen molar-refractivity contribution < 1.29 is 4.92 Å². The van der Waals surface area contributed by atoms with E-state index in [2.05, 4.69) is 11.1 Å². The number of nitro benzene ring substituents is 1. The molecular weight excluding hydrogens is 266 g/mol. The van der Waals surface area contributed by atoms with E-state index in [0.29, 0.717) is 16.5 Å². The average molecular weight is 277 g/mol. The fraction of sp³-hybridized carbons (Fsp3) is 0.0625. The number of hydrogen-bond donors (Lipinski definition) is 1. The lowest BCUT2D eigenvalue weighted by atomic mass is 10.0. The van der Waals surface area contributed by atoms with Gasteiger partial charge in [-0.05, 0) is 11.6 Å². The van der Waals surface area contributed by atoms with Crippen LogP contribution in [0.15, 0.2) is 48.5 Å². The zero-order chi connectivity index (χ0) is 14.8. The molecule has 1 aromatic heterocycles. The highest BCUT2D eigenvalue weighted by atomic mass is 16.6. The maximum atomic E-state index is 11.2. The van der Waals surface area contributed by atoms with Gasteiger partial charge in [-0.25, -0.2) is 0 Å². The minimum absolute atomic E-state index is 0.0242. The molecule has 5 nitrogen and oxygen atoms in total. The number of benzene rings is 2. The van der Waals surface area contributed by atoms with Crippen LogP contribution >= 0.6 is 0 Å². The van der Waals surface area contributed by atoms with Crippen molar-refractivity contribution in [2.75, 3.05) is 0 Å². The van der Waals surface area contributed by atoms with Crippen LogP contribution in [0, 0.1) is 21.4 Å². The number of nitro groups is 1. The molecule has 0 atom stereocenters. The summed E-state index contributed by atoms with van der Waals surface area (Å²) in [7, 11) is 0. The third kappa shape index (κ3) is 2.13. The van der Waals surface area contributed by atoms with Crippen molar-refractivity contribution in [1.29, 1.82) is 5.26 Å². The SMILES string of the molecule is N#CCc1c(-c2ccccc2)[nH]c2cccc([N+](=O)[O-])c12. The topological polar surface area (TPSA) is 82.7 Å². The summed E-state index contributed by atoms with van der Waals surface area (Å²) in [6.07, 6.45) is 0.120. The Balaban J connectivity index is 2.37. The molecule has 21 heavy (non-hydrogen) atoms. The molecule has 0 radical (unpaired) electrons. The lowest BCUT2D eigenvalue weighted by Gasteiger charge is -2.01. The molecule has 0 saturated heterocycles. The molecule has 2 aromatic carbocycles. The number of H-pyrrole nitrogens is 1. The minimum atomic E-state index is -0.411. The standard InChI is InChI=1S/C16H11N3O2/c17-10-9-12-15-13(7-4-8-14(15)19(20)21)18-16(12)11-5-2-1-3-6-11/h1-8,18H,9H2. The Morgan fingerprint density at radius 3 is 2.57 bits per heavy atom. The Hall–Kier alpha value is -3.13. The molecule has 0 aliphatic carbocycles. The highest BCUT2D eigenvalue weighted by Crippen LogP contribution is 2.35. The summed E-state index contributed by atoms with van der Waals surface area (Å²) in [5.41, 5.74) is 3.05. The number of hydrogen-bond acceptors (Lipinski definition) is 3. The van der Waals surface area contributed by atoms with Crippen LogP contribution < -0.4 is 0 Å². The van der Waals surface area contributed by atoms with Gasteiger partial charge in [0.15, 0.2) is 0 Å². The van der Waals surface area contributed by atoms with Gasteiger partial charge < -0.3 is 4.98 Å². The van der Waals surface area contributed by atoms with Crippen LogP contribution in [0.25, 0.3) is 22.2 Å². The molecular formula is C16H11N3O2. The smallest absolute Gasteiger partial charge is 0.279 e. The molecule has 0 amide bonds. The lowest BCUT2D eigenvalue weighted by molar-refractivity contribution is -0.383. The molecule has 3 rings (SSSR count). The first-order valence-corrected chi connectivity index (χ1v) is 6.42. The summed E-state index contributed by atoms with van der Waals surface area (Å²) in [5, 5.41) is 20.8. The predicted molar refractivity (Wildman–Crippen MR) is 79.7 cm³/mol. The summed E-state index contributed by atoms with van der Waals surface area (Å²) in [6.45, 7) is 0. The number of nitrogens with one attached hydrogen (secondary N) is 1. The number of rotatable bonds is 3. The second kappa shape index (κ2) is 5.10. The van der Waals surface area contributed by atoms with E-state index in [-0.39, 0.29) is 12.1 Å². The van der Waals surface area contributed by atoms with Crippen LogP contribution in [0.4, 0.5) is 5.69 Å². The first-order valence-electron chi connectivity index (χ1n) is 6.42. The maximum absolute atomic E-state index is 11.2. The number of nitrogens with zero attached hydrogens (tertiary/aromatic N) is 2. The highest BCUT2D eigenvalue weighted by molar-refractivity contribution is 5.97. The molecule has 5 heteroatoms. The van der Waals surface area contributed by atoms with Crippen molar-refractivity contribution in [1.82, 2.24) is 4.98 Å². The van der Waals surface area contributed by atoms with Gasteiger partial charge in [-0.2, -0.15) is 5.26 Å². The van der Waals surface area contributed by atoms with Gasteiger partial charge in [0.05, 0.1) is 34.0 Å².